The molecular formula is C15H21N3. The Labute approximate surface area is 109 Å². The van der Waals surface area contributed by atoms with Gasteiger partial charge in [0.05, 0.1) is 6.07 Å². The van der Waals surface area contributed by atoms with Crippen LogP contribution in [0.3, 0.4) is 0 Å². The molecular weight excluding hydrogens is 222 g/mol. The second-order valence-corrected chi connectivity index (χ2v) is 6.32. The maximum absolute atomic E-state index is 9.26. The van der Waals surface area contributed by atoms with Crippen LogP contribution in [0.5, 0.6) is 0 Å². The second-order valence-electron chi connectivity index (χ2n) is 6.32. The quantitative estimate of drug-likeness (QED) is 0.767. The number of piperidine rings is 1. The Balaban J connectivity index is 1.87. The average Bonchev–Trinajstić information content (AvgIpc) is 2.65. The first-order valence-corrected chi connectivity index (χ1v) is 6.89. The van der Waals surface area contributed by atoms with E-state index in [0.29, 0.717) is 12.1 Å². The van der Waals surface area contributed by atoms with Gasteiger partial charge in [-0.1, -0.05) is 24.3 Å². The van der Waals surface area contributed by atoms with Gasteiger partial charge in [-0.05, 0) is 39.0 Å². The van der Waals surface area contributed by atoms with E-state index in [0.717, 1.165) is 19.3 Å². The lowest BCUT2D eigenvalue weighted by atomic mass is 9.80. The van der Waals surface area contributed by atoms with Gasteiger partial charge in [0.1, 0.15) is 5.54 Å². The summed E-state index contributed by atoms with van der Waals surface area (Å²) in [7, 11) is 0. The summed E-state index contributed by atoms with van der Waals surface area (Å²) < 4.78 is 0. The summed E-state index contributed by atoms with van der Waals surface area (Å²) in [5.41, 5.74) is 5.73. The summed E-state index contributed by atoms with van der Waals surface area (Å²) in [5, 5.41) is 9.26. The van der Waals surface area contributed by atoms with Crippen molar-refractivity contribution in [3.8, 4) is 6.07 Å². The molecule has 3 unspecified atom stereocenters. The monoisotopic (exact) mass is 243 g/mol. The molecule has 0 aromatic carbocycles. The molecule has 3 heteroatoms. The number of hydrogen-bond acceptors (Lipinski definition) is 3. The lowest BCUT2D eigenvalue weighted by molar-refractivity contribution is 0.0315. The number of nitrogens with two attached hydrogens (primary N) is 1. The molecule has 2 bridgehead atoms. The number of rotatable bonds is 1. The standard InChI is InChI=1S/C15H21N3/c1-14(7-3-2-4-8-14)18-12-5-6-13(18)10-15(17,9-12)11-16/h2-4,7,12-13H,5-6,8-10,17H2,1H3. The van der Waals surface area contributed by atoms with E-state index in [1.807, 2.05) is 0 Å². The second kappa shape index (κ2) is 3.94. The minimum atomic E-state index is -0.590. The highest BCUT2D eigenvalue weighted by Crippen LogP contribution is 2.45. The van der Waals surface area contributed by atoms with Crippen LogP contribution in [0.25, 0.3) is 0 Å². The van der Waals surface area contributed by atoms with Gasteiger partial charge in [-0.25, -0.2) is 0 Å². The topological polar surface area (TPSA) is 53.0 Å². The minimum Gasteiger partial charge on any atom is -0.313 e. The van der Waals surface area contributed by atoms with E-state index in [1.165, 1.54) is 12.8 Å². The number of nitriles is 1. The highest BCUT2D eigenvalue weighted by Gasteiger charge is 2.51. The predicted octanol–water partition coefficient (Wildman–Crippen LogP) is 2.11. The first-order chi connectivity index (χ1) is 8.56. The fourth-order valence-electron chi connectivity index (χ4n) is 4.12. The number of allylic oxidation sites excluding steroid dienone is 2. The van der Waals surface area contributed by atoms with E-state index in [2.05, 4.69) is 42.2 Å². The Hall–Kier alpha value is -1.11. The molecule has 3 aliphatic rings. The van der Waals surface area contributed by atoms with Crippen LogP contribution in [0, 0.1) is 11.3 Å². The van der Waals surface area contributed by atoms with E-state index >= 15 is 0 Å². The zero-order valence-electron chi connectivity index (χ0n) is 11.0. The van der Waals surface area contributed by atoms with Gasteiger partial charge in [0.15, 0.2) is 0 Å². The third-order valence-corrected chi connectivity index (χ3v) is 4.87. The van der Waals surface area contributed by atoms with Gasteiger partial charge in [0.25, 0.3) is 0 Å². The molecule has 3 nitrogen and oxygen atoms in total. The van der Waals surface area contributed by atoms with Gasteiger partial charge in [-0.2, -0.15) is 5.26 Å². The molecule has 0 radical (unpaired) electrons. The summed E-state index contributed by atoms with van der Waals surface area (Å²) in [6.07, 6.45) is 13.9. The molecule has 2 aliphatic heterocycles. The number of nitrogens with zero attached hydrogens (tertiary/aromatic N) is 2. The predicted molar refractivity (Wildman–Crippen MR) is 71.7 cm³/mol. The summed E-state index contributed by atoms with van der Waals surface area (Å²) in [6.45, 7) is 2.31. The summed E-state index contributed by atoms with van der Waals surface area (Å²) in [5.74, 6) is 0. The highest BCUT2D eigenvalue weighted by molar-refractivity contribution is 5.24. The number of fused-ring (bicyclic) bond motifs is 2. The van der Waals surface area contributed by atoms with Crippen molar-refractivity contribution in [1.29, 1.82) is 5.26 Å². The van der Waals surface area contributed by atoms with Crippen molar-refractivity contribution in [2.24, 2.45) is 5.73 Å². The molecule has 2 heterocycles. The molecule has 0 amide bonds. The van der Waals surface area contributed by atoms with Crippen LogP contribution in [0.2, 0.25) is 0 Å². The van der Waals surface area contributed by atoms with E-state index in [9.17, 15) is 5.26 Å². The van der Waals surface area contributed by atoms with Crippen LogP contribution in [0.4, 0.5) is 0 Å². The molecule has 2 saturated heterocycles. The molecule has 0 saturated carbocycles. The smallest absolute Gasteiger partial charge is 0.107 e. The van der Waals surface area contributed by atoms with Crippen molar-refractivity contribution in [2.75, 3.05) is 0 Å². The van der Waals surface area contributed by atoms with Crippen LogP contribution in [0.15, 0.2) is 24.3 Å². The van der Waals surface area contributed by atoms with Crippen molar-refractivity contribution in [1.82, 2.24) is 4.90 Å². The van der Waals surface area contributed by atoms with Crippen LogP contribution < -0.4 is 5.73 Å². The van der Waals surface area contributed by atoms with Gasteiger partial charge >= 0.3 is 0 Å². The third-order valence-electron chi connectivity index (χ3n) is 4.87. The molecule has 1 aliphatic carbocycles. The fraction of sp³-hybridized carbons (Fsp3) is 0.667. The maximum atomic E-state index is 9.26. The molecule has 96 valence electrons. The Bertz CT molecular complexity index is 431. The third kappa shape index (κ3) is 1.72. The van der Waals surface area contributed by atoms with Crippen LogP contribution >= 0.6 is 0 Å². The van der Waals surface area contributed by atoms with Gasteiger partial charge in [-0.3, -0.25) is 4.90 Å². The zero-order chi connectivity index (χ0) is 12.8. The zero-order valence-corrected chi connectivity index (χ0v) is 11.0. The van der Waals surface area contributed by atoms with Crippen molar-refractivity contribution in [3.05, 3.63) is 24.3 Å². The van der Waals surface area contributed by atoms with E-state index in [1.54, 1.807) is 0 Å². The van der Waals surface area contributed by atoms with E-state index in [4.69, 9.17) is 5.73 Å². The van der Waals surface area contributed by atoms with E-state index in [-0.39, 0.29) is 5.54 Å². The van der Waals surface area contributed by atoms with Crippen molar-refractivity contribution >= 4 is 0 Å². The van der Waals surface area contributed by atoms with Crippen molar-refractivity contribution in [2.45, 2.75) is 62.2 Å². The number of hydrogen-bond donors (Lipinski definition) is 1. The summed E-state index contributed by atoms with van der Waals surface area (Å²) in [6, 6.07) is 3.30. The highest BCUT2D eigenvalue weighted by atomic mass is 15.3. The molecule has 2 N–H and O–H groups in total. The molecule has 3 atom stereocenters. The normalized spacial score (nSPS) is 47.2. The van der Waals surface area contributed by atoms with Crippen LogP contribution in [-0.4, -0.2) is 28.1 Å². The molecule has 18 heavy (non-hydrogen) atoms. The van der Waals surface area contributed by atoms with Gasteiger partial charge < -0.3 is 5.73 Å². The SMILES string of the molecule is CC1(N2C3CCC2CC(N)(C#N)C3)C=CC=CC1. The molecule has 3 rings (SSSR count). The van der Waals surface area contributed by atoms with Gasteiger partial charge in [0.2, 0.25) is 0 Å². The van der Waals surface area contributed by atoms with Crippen molar-refractivity contribution in [3.63, 3.8) is 0 Å². The summed E-state index contributed by atoms with van der Waals surface area (Å²) in [4.78, 5) is 2.63. The Morgan fingerprint density at radius 1 is 1.28 bits per heavy atom. The molecule has 0 aromatic rings. The minimum absolute atomic E-state index is 0.122. The first kappa shape index (κ1) is 12.0. The lowest BCUT2D eigenvalue weighted by Gasteiger charge is -2.50. The first-order valence-electron chi connectivity index (χ1n) is 6.89. The average molecular weight is 243 g/mol. The van der Waals surface area contributed by atoms with Crippen LogP contribution in [-0.2, 0) is 0 Å². The lowest BCUT2D eigenvalue weighted by Crippen LogP contribution is -2.61. The maximum Gasteiger partial charge on any atom is 0.107 e. The Kier molecular flexibility index (Phi) is 2.62. The Morgan fingerprint density at radius 3 is 2.44 bits per heavy atom. The molecule has 2 fully saturated rings. The van der Waals surface area contributed by atoms with Crippen LogP contribution in [0.1, 0.15) is 39.0 Å². The van der Waals surface area contributed by atoms with E-state index < -0.39 is 5.54 Å². The molecule has 0 aromatic heterocycles. The largest absolute Gasteiger partial charge is 0.313 e. The fourth-order valence-corrected chi connectivity index (χ4v) is 4.12. The van der Waals surface area contributed by atoms with Crippen molar-refractivity contribution < 1.29 is 0 Å². The van der Waals surface area contributed by atoms with Gasteiger partial charge in [-0.15, -0.1) is 0 Å². The Morgan fingerprint density at radius 2 is 1.94 bits per heavy atom. The van der Waals surface area contributed by atoms with Gasteiger partial charge in [0, 0.05) is 17.6 Å². The molecule has 0 spiro atoms. The summed E-state index contributed by atoms with van der Waals surface area (Å²) >= 11 is 0.